The minimum atomic E-state index is -0.828. The highest BCUT2D eigenvalue weighted by Crippen LogP contribution is 2.13. The first-order valence-electron chi connectivity index (χ1n) is 10.6. The van der Waals surface area contributed by atoms with Crippen molar-refractivity contribution >= 4 is 5.97 Å². The van der Waals surface area contributed by atoms with Crippen LogP contribution in [0.2, 0.25) is 0 Å². The van der Waals surface area contributed by atoms with Gasteiger partial charge < -0.3 is 14.7 Å². The van der Waals surface area contributed by atoms with E-state index in [1.165, 1.54) is 77.0 Å². The summed E-state index contributed by atoms with van der Waals surface area (Å²) in [6, 6.07) is 0. The summed E-state index contributed by atoms with van der Waals surface area (Å²) in [5.74, 6) is -0.828. The van der Waals surface area contributed by atoms with Gasteiger partial charge in [0.25, 0.3) is 0 Å². The van der Waals surface area contributed by atoms with E-state index in [2.05, 4.69) is 21.0 Å². The van der Waals surface area contributed by atoms with E-state index in [-0.39, 0.29) is 6.42 Å². The standard InChI is InChI=1S/C21H43NO3/c1-4-5-6-7-8-9-10-11-12-13-14-15-18-22(2,3)19-20(23)16-17-21(24)25/h20,23H,4-19H2,1-3H3/p+1. The molecule has 1 unspecified atom stereocenters. The minimum Gasteiger partial charge on any atom is -0.481 e. The summed E-state index contributed by atoms with van der Waals surface area (Å²) < 4.78 is 0.776. The van der Waals surface area contributed by atoms with Crippen LogP contribution >= 0.6 is 0 Å². The Bertz CT molecular complexity index is 318. The van der Waals surface area contributed by atoms with Gasteiger partial charge in [-0.25, -0.2) is 0 Å². The Morgan fingerprint density at radius 2 is 1.28 bits per heavy atom. The average Bonchev–Trinajstić information content (AvgIpc) is 2.53. The Balaban J connectivity index is 3.46. The molecule has 0 radical (unpaired) electrons. The van der Waals surface area contributed by atoms with Crippen LogP contribution in [-0.2, 0) is 4.79 Å². The lowest BCUT2D eigenvalue weighted by Gasteiger charge is -2.31. The molecule has 0 aromatic carbocycles. The minimum absolute atomic E-state index is 0.0553. The molecule has 2 N–H and O–H groups in total. The third-order valence-corrected chi connectivity index (χ3v) is 5.01. The van der Waals surface area contributed by atoms with Crippen LogP contribution in [0.4, 0.5) is 0 Å². The quantitative estimate of drug-likeness (QED) is 0.268. The zero-order valence-corrected chi connectivity index (χ0v) is 17.1. The van der Waals surface area contributed by atoms with Gasteiger partial charge in [-0.1, -0.05) is 71.1 Å². The summed E-state index contributed by atoms with van der Waals surface area (Å²) in [4.78, 5) is 10.6. The van der Waals surface area contributed by atoms with E-state index in [9.17, 15) is 9.90 Å². The van der Waals surface area contributed by atoms with Crippen LogP contribution < -0.4 is 0 Å². The van der Waals surface area contributed by atoms with Crippen molar-refractivity contribution in [3.8, 4) is 0 Å². The van der Waals surface area contributed by atoms with E-state index < -0.39 is 12.1 Å². The van der Waals surface area contributed by atoms with Crippen molar-refractivity contribution in [3.05, 3.63) is 0 Å². The van der Waals surface area contributed by atoms with Crippen LogP contribution in [-0.4, -0.2) is 54.0 Å². The molecular formula is C21H44NO3+. The lowest BCUT2D eigenvalue weighted by Crippen LogP contribution is -2.46. The van der Waals surface area contributed by atoms with Crippen LogP contribution in [0.5, 0.6) is 0 Å². The molecule has 4 heteroatoms. The molecule has 0 aromatic heterocycles. The first kappa shape index (κ1) is 24.4. The number of aliphatic hydroxyl groups is 1. The van der Waals surface area contributed by atoms with Crippen molar-refractivity contribution in [2.75, 3.05) is 27.2 Å². The number of carboxylic acids is 1. The summed E-state index contributed by atoms with van der Waals surface area (Å²) in [5.41, 5.74) is 0. The summed E-state index contributed by atoms with van der Waals surface area (Å²) in [5, 5.41) is 18.6. The maximum atomic E-state index is 10.6. The fourth-order valence-electron chi connectivity index (χ4n) is 3.42. The molecule has 0 aliphatic rings. The molecule has 25 heavy (non-hydrogen) atoms. The molecule has 1 atom stereocenters. The number of aliphatic hydroxyl groups excluding tert-OH is 1. The Morgan fingerprint density at radius 1 is 0.840 bits per heavy atom. The van der Waals surface area contributed by atoms with Gasteiger partial charge in [-0.15, -0.1) is 0 Å². The summed E-state index contributed by atoms with van der Waals surface area (Å²) in [6.07, 6.45) is 16.2. The molecule has 0 saturated heterocycles. The second kappa shape index (κ2) is 15.6. The van der Waals surface area contributed by atoms with Crippen molar-refractivity contribution in [2.45, 2.75) is 103 Å². The number of hydrogen-bond donors (Lipinski definition) is 2. The number of carboxylic acid groups (broad SMARTS) is 1. The molecule has 0 spiro atoms. The first-order chi connectivity index (χ1) is 11.9. The van der Waals surface area contributed by atoms with Gasteiger partial charge in [0.2, 0.25) is 0 Å². The van der Waals surface area contributed by atoms with E-state index in [1.807, 2.05) is 0 Å². The predicted octanol–water partition coefficient (Wildman–Crippen LogP) is 4.99. The molecule has 0 bridgehead atoms. The number of likely N-dealkylation sites (N-methyl/N-ethyl adjacent to an activating group) is 1. The first-order valence-corrected chi connectivity index (χ1v) is 10.6. The highest BCUT2D eigenvalue weighted by molar-refractivity contribution is 5.66. The summed E-state index contributed by atoms with van der Waals surface area (Å²) in [6.45, 7) is 3.97. The molecule has 0 saturated carbocycles. The van der Waals surface area contributed by atoms with Crippen molar-refractivity contribution in [2.24, 2.45) is 0 Å². The van der Waals surface area contributed by atoms with Crippen LogP contribution in [0.1, 0.15) is 96.8 Å². The predicted molar refractivity (Wildman–Crippen MR) is 106 cm³/mol. The van der Waals surface area contributed by atoms with Gasteiger partial charge in [0.1, 0.15) is 12.6 Å². The summed E-state index contributed by atoms with van der Waals surface area (Å²) in [7, 11) is 4.26. The van der Waals surface area contributed by atoms with Crippen LogP contribution in [0.3, 0.4) is 0 Å². The number of quaternary nitrogens is 1. The Labute approximate surface area is 156 Å². The van der Waals surface area contributed by atoms with E-state index in [0.29, 0.717) is 13.0 Å². The molecule has 0 amide bonds. The van der Waals surface area contributed by atoms with Crippen molar-refractivity contribution in [1.82, 2.24) is 0 Å². The lowest BCUT2D eigenvalue weighted by atomic mass is 10.1. The second-order valence-corrected chi connectivity index (χ2v) is 8.32. The van der Waals surface area contributed by atoms with Crippen LogP contribution in [0.25, 0.3) is 0 Å². The fraction of sp³-hybridized carbons (Fsp3) is 0.952. The second-order valence-electron chi connectivity index (χ2n) is 8.32. The number of rotatable bonds is 18. The molecular weight excluding hydrogens is 314 g/mol. The molecule has 0 heterocycles. The SMILES string of the molecule is CCCCCCCCCCCCCC[N+](C)(C)CC(O)CCC(=O)O. The molecule has 4 nitrogen and oxygen atoms in total. The Hall–Kier alpha value is -0.610. The van der Waals surface area contributed by atoms with E-state index in [0.717, 1.165) is 11.0 Å². The monoisotopic (exact) mass is 358 g/mol. The van der Waals surface area contributed by atoms with Gasteiger partial charge >= 0.3 is 5.97 Å². The molecule has 150 valence electrons. The van der Waals surface area contributed by atoms with Crippen LogP contribution in [0.15, 0.2) is 0 Å². The number of hydrogen-bond acceptors (Lipinski definition) is 2. The number of nitrogens with zero attached hydrogens (tertiary/aromatic N) is 1. The van der Waals surface area contributed by atoms with E-state index >= 15 is 0 Å². The maximum Gasteiger partial charge on any atom is 0.303 e. The third kappa shape index (κ3) is 18.0. The number of aliphatic carboxylic acids is 1. The largest absolute Gasteiger partial charge is 0.481 e. The Morgan fingerprint density at radius 3 is 1.72 bits per heavy atom. The molecule has 0 aliphatic heterocycles. The van der Waals surface area contributed by atoms with Gasteiger partial charge in [0.15, 0.2) is 0 Å². The topological polar surface area (TPSA) is 57.5 Å². The number of unbranched alkanes of at least 4 members (excludes halogenated alkanes) is 11. The highest BCUT2D eigenvalue weighted by Gasteiger charge is 2.20. The average molecular weight is 359 g/mol. The van der Waals surface area contributed by atoms with Gasteiger partial charge in [-0.3, -0.25) is 4.79 Å². The fourth-order valence-corrected chi connectivity index (χ4v) is 3.42. The molecule has 0 aliphatic carbocycles. The number of carbonyl (C=O) groups is 1. The third-order valence-electron chi connectivity index (χ3n) is 5.01. The normalized spacial score (nSPS) is 13.1. The van der Waals surface area contributed by atoms with E-state index in [1.54, 1.807) is 0 Å². The maximum absolute atomic E-state index is 10.6. The molecule has 0 aromatic rings. The molecule has 0 rings (SSSR count). The lowest BCUT2D eigenvalue weighted by molar-refractivity contribution is -0.893. The van der Waals surface area contributed by atoms with Crippen molar-refractivity contribution < 1.29 is 19.5 Å². The zero-order chi connectivity index (χ0) is 19.0. The van der Waals surface area contributed by atoms with Crippen molar-refractivity contribution in [1.29, 1.82) is 0 Å². The van der Waals surface area contributed by atoms with Gasteiger partial charge in [-0.2, -0.15) is 0 Å². The summed E-state index contributed by atoms with van der Waals surface area (Å²) >= 11 is 0. The van der Waals surface area contributed by atoms with Crippen LogP contribution in [0, 0.1) is 0 Å². The highest BCUT2D eigenvalue weighted by atomic mass is 16.4. The van der Waals surface area contributed by atoms with E-state index in [4.69, 9.17) is 5.11 Å². The van der Waals surface area contributed by atoms with Gasteiger partial charge in [0, 0.05) is 6.42 Å². The Kier molecular flexibility index (Phi) is 15.2. The molecule has 0 fully saturated rings. The smallest absolute Gasteiger partial charge is 0.303 e. The van der Waals surface area contributed by atoms with Gasteiger partial charge in [-0.05, 0) is 19.3 Å². The van der Waals surface area contributed by atoms with Crippen molar-refractivity contribution in [3.63, 3.8) is 0 Å². The zero-order valence-electron chi connectivity index (χ0n) is 17.1. The van der Waals surface area contributed by atoms with Gasteiger partial charge in [0.05, 0.1) is 20.6 Å².